The van der Waals surface area contributed by atoms with Crippen LogP contribution in [0.15, 0.2) is 24.3 Å². The van der Waals surface area contributed by atoms with Crippen LogP contribution in [-0.4, -0.2) is 31.1 Å². The van der Waals surface area contributed by atoms with Gasteiger partial charge in [0.1, 0.15) is 0 Å². The highest BCUT2D eigenvalue weighted by Gasteiger charge is 2.32. The fourth-order valence-corrected chi connectivity index (χ4v) is 3.21. The Morgan fingerprint density at radius 3 is 2.67 bits per heavy atom. The third-order valence-corrected chi connectivity index (χ3v) is 4.32. The van der Waals surface area contributed by atoms with Gasteiger partial charge in [0, 0.05) is 13.1 Å². The molecule has 0 saturated carbocycles. The molecular weight excluding hydrogens is 244 g/mol. The van der Waals surface area contributed by atoms with Crippen LogP contribution < -0.4 is 5.32 Å². The monoisotopic (exact) mass is 266 g/mol. The second-order valence-electron chi connectivity index (χ2n) is 5.69. The van der Waals surface area contributed by atoms with E-state index in [-0.39, 0.29) is 12.4 Å². The number of benzene rings is 1. The third-order valence-electron chi connectivity index (χ3n) is 4.32. The molecule has 2 saturated heterocycles. The van der Waals surface area contributed by atoms with Crippen molar-refractivity contribution in [3.05, 3.63) is 35.4 Å². The van der Waals surface area contributed by atoms with Crippen molar-refractivity contribution < 1.29 is 0 Å². The van der Waals surface area contributed by atoms with E-state index in [0.717, 1.165) is 18.4 Å². The molecule has 2 heterocycles. The van der Waals surface area contributed by atoms with Crippen molar-refractivity contribution in [1.82, 2.24) is 10.2 Å². The van der Waals surface area contributed by atoms with Gasteiger partial charge in [0.2, 0.25) is 0 Å². The summed E-state index contributed by atoms with van der Waals surface area (Å²) >= 11 is 0. The second-order valence-corrected chi connectivity index (χ2v) is 5.69. The van der Waals surface area contributed by atoms with E-state index in [2.05, 4.69) is 41.4 Å². The Bertz CT molecular complexity index is 377. The molecule has 1 aromatic carbocycles. The molecule has 0 aliphatic carbocycles. The average Bonchev–Trinajstić information content (AvgIpc) is 2.79. The zero-order valence-electron chi connectivity index (χ0n) is 11.1. The largest absolute Gasteiger partial charge is 0.316 e. The predicted molar refractivity (Wildman–Crippen MR) is 78.2 cm³/mol. The van der Waals surface area contributed by atoms with Gasteiger partial charge in [-0.15, -0.1) is 12.4 Å². The first-order chi connectivity index (χ1) is 8.31. The Labute approximate surface area is 116 Å². The molecule has 2 fully saturated rings. The summed E-state index contributed by atoms with van der Waals surface area (Å²) in [5, 5.41) is 3.53. The van der Waals surface area contributed by atoms with Gasteiger partial charge < -0.3 is 5.32 Å². The Kier molecular flexibility index (Phi) is 4.66. The summed E-state index contributed by atoms with van der Waals surface area (Å²) in [6.45, 7) is 8.32. The lowest BCUT2D eigenvalue weighted by Gasteiger charge is -2.34. The smallest absolute Gasteiger partial charge is 0.0233 e. The Hall–Kier alpha value is -0.570. The van der Waals surface area contributed by atoms with Crippen molar-refractivity contribution in [2.45, 2.75) is 19.9 Å². The van der Waals surface area contributed by atoms with Crippen LogP contribution in [0.3, 0.4) is 0 Å². The van der Waals surface area contributed by atoms with E-state index >= 15 is 0 Å². The van der Waals surface area contributed by atoms with Crippen molar-refractivity contribution in [3.63, 3.8) is 0 Å². The number of aryl methyl sites for hydroxylation is 1. The van der Waals surface area contributed by atoms with Crippen molar-refractivity contribution >= 4 is 12.4 Å². The lowest BCUT2D eigenvalue weighted by molar-refractivity contribution is 0.142. The van der Waals surface area contributed by atoms with Gasteiger partial charge in [0.15, 0.2) is 0 Å². The van der Waals surface area contributed by atoms with E-state index < -0.39 is 0 Å². The van der Waals surface area contributed by atoms with Gasteiger partial charge in [-0.2, -0.15) is 0 Å². The second kappa shape index (κ2) is 6.05. The van der Waals surface area contributed by atoms with Crippen molar-refractivity contribution in [3.8, 4) is 0 Å². The molecule has 3 rings (SSSR count). The predicted octanol–water partition coefficient (Wildman–Crippen LogP) is 2.46. The van der Waals surface area contributed by atoms with Crippen LogP contribution in [0.1, 0.15) is 17.5 Å². The number of hydrogen-bond donors (Lipinski definition) is 1. The van der Waals surface area contributed by atoms with Gasteiger partial charge in [-0.05, 0) is 50.4 Å². The molecule has 0 bridgehead atoms. The average molecular weight is 267 g/mol. The first-order valence-corrected chi connectivity index (χ1v) is 6.80. The van der Waals surface area contributed by atoms with E-state index in [1.807, 2.05) is 0 Å². The molecule has 2 aliphatic heterocycles. The van der Waals surface area contributed by atoms with Crippen molar-refractivity contribution in [1.29, 1.82) is 0 Å². The molecule has 1 aromatic rings. The normalized spacial score (nSPS) is 27.6. The van der Waals surface area contributed by atoms with Gasteiger partial charge in [-0.3, -0.25) is 4.90 Å². The Balaban J connectivity index is 0.00000120. The number of piperidine rings is 1. The fourth-order valence-electron chi connectivity index (χ4n) is 3.21. The van der Waals surface area contributed by atoms with Crippen LogP contribution in [0, 0.1) is 18.8 Å². The lowest BCUT2D eigenvalue weighted by atomic mass is 9.88. The fraction of sp³-hybridized carbons (Fsp3) is 0.600. The molecule has 0 aromatic heterocycles. The van der Waals surface area contributed by atoms with Crippen molar-refractivity contribution in [2.24, 2.45) is 11.8 Å². The molecule has 2 aliphatic rings. The first kappa shape index (κ1) is 13.9. The van der Waals surface area contributed by atoms with E-state index in [0.29, 0.717) is 0 Å². The maximum atomic E-state index is 3.53. The zero-order valence-corrected chi connectivity index (χ0v) is 11.9. The summed E-state index contributed by atoms with van der Waals surface area (Å²) in [6, 6.07) is 8.99. The molecule has 2 nitrogen and oxygen atoms in total. The molecule has 2 unspecified atom stereocenters. The third kappa shape index (κ3) is 3.05. The van der Waals surface area contributed by atoms with Gasteiger partial charge in [0.05, 0.1) is 0 Å². The topological polar surface area (TPSA) is 15.3 Å². The summed E-state index contributed by atoms with van der Waals surface area (Å²) in [5.41, 5.74) is 2.81. The molecule has 18 heavy (non-hydrogen) atoms. The maximum absolute atomic E-state index is 3.53. The number of hydrogen-bond acceptors (Lipinski definition) is 2. The molecule has 0 radical (unpaired) electrons. The summed E-state index contributed by atoms with van der Waals surface area (Å²) in [4.78, 5) is 2.62. The molecule has 100 valence electrons. The molecular formula is C15H23ClN2. The first-order valence-electron chi connectivity index (χ1n) is 6.80. The maximum Gasteiger partial charge on any atom is 0.0233 e. The highest BCUT2D eigenvalue weighted by atomic mass is 35.5. The SMILES string of the molecule is Cc1ccc(CN2CCC3CNCC3C2)cc1.Cl. The van der Waals surface area contributed by atoms with Crippen LogP contribution in [0.25, 0.3) is 0 Å². The van der Waals surface area contributed by atoms with E-state index in [1.165, 1.54) is 43.7 Å². The van der Waals surface area contributed by atoms with Crippen LogP contribution >= 0.6 is 12.4 Å². The highest BCUT2D eigenvalue weighted by molar-refractivity contribution is 5.85. The van der Waals surface area contributed by atoms with Gasteiger partial charge in [-0.25, -0.2) is 0 Å². The minimum absolute atomic E-state index is 0. The standard InChI is InChI=1S/C15H22N2.ClH/c1-12-2-4-13(5-3-12)10-17-7-6-14-8-16-9-15(14)11-17;/h2-5,14-16H,6-11H2,1H3;1H. The van der Waals surface area contributed by atoms with E-state index in [4.69, 9.17) is 0 Å². The minimum atomic E-state index is 0. The van der Waals surface area contributed by atoms with Gasteiger partial charge in [-0.1, -0.05) is 29.8 Å². The Morgan fingerprint density at radius 2 is 1.89 bits per heavy atom. The van der Waals surface area contributed by atoms with Crippen LogP contribution in [-0.2, 0) is 6.54 Å². The number of likely N-dealkylation sites (tertiary alicyclic amines) is 1. The van der Waals surface area contributed by atoms with Gasteiger partial charge in [0.25, 0.3) is 0 Å². The summed E-state index contributed by atoms with van der Waals surface area (Å²) in [5.74, 6) is 1.85. The number of rotatable bonds is 2. The highest BCUT2D eigenvalue weighted by Crippen LogP contribution is 2.27. The van der Waals surface area contributed by atoms with Crippen LogP contribution in [0.5, 0.6) is 0 Å². The number of nitrogens with one attached hydrogen (secondary N) is 1. The number of fused-ring (bicyclic) bond motifs is 1. The van der Waals surface area contributed by atoms with Crippen LogP contribution in [0.4, 0.5) is 0 Å². The molecule has 0 spiro atoms. The zero-order chi connectivity index (χ0) is 11.7. The number of halogens is 1. The lowest BCUT2D eigenvalue weighted by Crippen LogP contribution is -2.39. The molecule has 1 N–H and O–H groups in total. The molecule has 2 atom stereocenters. The summed E-state index contributed by atoms with van der Waals surface area (Å²) < 4.78 is 0. The molecule has 0 amide bonds. The van der Waals surface area contributed by atoms with Crippen LogP contribution in [0.2, 0.25) is 0 Å². The van der Waals surface area contributed by atoms with Crippen molar-refractivity contribution in [2.75, 3.05) is 26.2 Å². The van der Waals surface area contributed by atoms with Gasteiger partial charge >= 0.3 is 0 Å². The number of nitrogens with zero attached hydrogens (tertiary/aromatic N) is 1. The summed E-state index contributed by atoms with van der Waals surface area (Å²) in [7, 11) is 0. The minimum Gasteiger partial charge on any atom is -0.316 e. The molecule has 3 heteroatoms. The van der Waals surface area contributed by atoms with E-state index in [1.54, 1.807) is 0 Å². The van der Waals surface area contributed by atoms with E-state index in [9.17, 15) is 0 Å². The summed E-state index contributed by atoms with van der Waals surface area (Å²) in [6.07, 6.45) is 1.38. The quantitative estimate of drug-likeness (QED) is 0.885. The Morgan fingerprint density at radius 1 is 1.17 bits per heavy atom.